The maximum absolute atomic E-state index is 11.7. The molecule has 1 unspecified atom stereocenters. The zero-order valence-electron chi connectivity index (χ0n) is 10.9. The van der Waals surface area contributed by atoms with Crippen molar-refractivity contribution in [3.05, 3.63) is 0 Å². The van der Waals surface area contributed by atoms with Crippen LogP contribution in [-0.2, 0) is 24.0 Å². The summed E-state index contributed by atoms with van der Waals surface area (Å²) in [6.07, 6.45) is 0. The summed E-state index contributed by atoms with van der Waals surface area (Å²) in [4.78, 5) is 38.7. The quantitative estimate of drug-likeness (QED) is 0.543. The zero-order chi connectivity index (χ0) is 13.6. The van der Waals surface area contributed by atoms with Gasteiger partial charge in [-0.05, 0) is 12.8 Å². The average Bonchev–Trinajstić information content (AvgIpc) is 2.15. The molecule has 0 saturated carbocycles. The van der Waals surface area contributed by atoms with Crippen LogP contribution in [0.5, 0.6) is 0 Å². The maximum Gasteiger partial charge on any atom is 0.332 e. The second-order valence-corrected chi connectivity index (χ2v) is 3.87. The van der Waals surface area contributed by atoms with E-state index in [0.29, 0.717) is 0 Å². The first-order chi connectivity index (χ1) is 7.81. The molecule has 0 N–H and O–H groups in total. The molecule has 0 saturated heterocycles. The third kappa shape index (κ3) is 4.84. The van der Waals surface area contributed by atoms with Gasteiger partial charge >= 0.3 is 11.9 Å². The van der Waals surface area contributed by atoms with Gasteiger partial charge in [-0.15, -0.1) is 0 Å². The highest BCUT2D eigenvalue weighted by molar-refractivity contribution is 5.84. The Morgan fingerprint density at radius 1 is 1.18 bits per heavy atom. The van der Waals surface area contributed by atoms with E-state index >= 15 is 0 Å². The standard InChI is InChI=1S/C11H19NO5/c1-6-16-11(15)10(7(2)3)12(8(4)13)17-9(5)14/h7,10H,6H2,1-5H3. The molecule has 98 valence electrons. The molecule has 0 aromatic carbocycles. The van der Waals surface area contributed by atoms with Crippen molar-refractivity contribution in [2.24, 2.45) is 5.92 Å². The van der Waals surface area contributed by atoms with E-state index in [4.69, 9.17) is 9.57 Å². The number of amides is 1. The largest absolute Gasteiger partial charge is 0.464 e. The second kappa shape index (κ2) is 6.88. The highest BCUT2D eigenvalue weighted by Crippen LogP contribution is 2.14. The molecule has 0 rings (SSSR count). The van der Waals surface area contributed by atoms with Crippen LogP contribution in [0.4, 0.5) is 0 Å². The number of esters is 1. The predicted octanol–water partition coefficient (Wildman–Crippen LogP) is 0.901. The molecule has 0 heterocycles. The van der Waals surface area contributed by atoms with Crippen LogP contribution in [-0.4, -0.2) is 35.6 Å². The van der Waals surface area contributed by atoms with Crippen molar-refractivity contribution in [2.75, 3.05) is 6.61 Å². The lowest BCUT2D eigenvalue weighted by molar-refractivity contribution is -0.212. The molecule has 0 aliphatic rings. The minimum atomic E-state index is -0.920. The minimum absolute atomic E-state index is 0.202. The summed E-state index contributed by atoms with van der Waals surface area (Å²) in [5.74, 6) is -1.99. The van der Waals surface area contributed by atoms with Gasteiger partial charge in [-0.25, -0.2) is 4.79 Å². The first-order valence-electron chi connectivity index (χ1n) is 5.46. The molecule has 1 atom stereocenters. The third-order valence-electron chi connectivity index (χ3n) is 1.95. The van der Waals surface area contributed by atoms with Gasteiger partial charge in [0.05, 0.1) is 6.61 Å². The summed E-state index contributed by atoms with van der Waals surface area (Å²) in [6, 6.07) is -0.920. The van der Waals surface area contributed by atoms with Gasteiger partial charge in [-0.3, -0.25) is 9.59 Å². The van der Waals surface area contributed by atoms with E-state index in [0.717, 1.165) is 5.06 Å². The number of hydrogen-bond donors (Lipinski definition) is 0. The lowest BCUT2D eigenvalue weighted by atomic mass is 10.0. The van der Waals surface area contributed by atoms with E-state index in [1.165, 1.54) is 13.8 Å². The Labute approximate surface area is 101 Å². The Morgan fingerprint density at radius 3 is 2.00 bits per heavy atom. The molecule has 0 aromatic rings. The Morgan fingerprint density at radius 2 is 1.71 bits per heavy atom. The lowest BCUT2D eigenvalue weighted by Crippen LogP contribution is -2.48. The van der Waals surface area contributed by atoms with Gasteiger partial charge in [0.15, 0.2) is 6.04 Å². The highest BCUT2D eigenvalue weighted by Gasteiger charge is 2.34. The summed E-state index contributed by atoms with van der Waals surface area (Å²) in [5, 5.41) is 0.769. The zero-order valence-corrected chi connectivity index (χ0v) is 10.9. The average molecular weight is 245 g/mol. The van der Waals surface area contributed by atoms with E-state index in [1.807, 2.05) is 0 Å². The van der Waals surface area contributed by atoms with Gasteiger partial charge in [0.1, 0.15) is 0 Å². The van der Waals surface area contributed by atoms with Crippen LogP contribution >= 0.6 is 0 Å². The molecular weight excluding hydrogens is 226 g/mol. The summed E-state index contributed by atoms with van der Waals surface area (Å²) in [6.45, 7) is 7.73. The van der Waals surface area contributed by atoms with Gasteiger partial charge in [-0.2, -0.15) is 5.06 Å². The summed E-state index contributed by atoms with van der Waals surface area (Å²) >= 11 is 0. The Bertz CT molecular complexity index is 300. The second-order valence-electron chi connectivity index (χ2n) is 3.87. The number of rotatable bonds is 4. The van der Waals surface area contributed by atoms with Gasteiger partial charge in [0, 0.05) is 13.8 Å². The number of hydrogen-bond acceptors (Lipinski definition) is 5. The van der Waals surface area contributed by atoms with Crippen LogP contribution in [0.15, 0.2) is 0 Å². The Hall–Kier alpha value is -1.59. The van der Waals surface area contributed by atoms with Crippen LogP contribution in [0, 0.1) is 5.92 Å². The molecule has 1 amide bonds. The van der Waals surface area contributed by atoms with Crippen LogP contribution in [0.25, 0.3) is 0 Å². The molecule has 6 heteroatoms. The van der Waals surface area contributed by atoms with Crippen molar-refractivity contribution in [1.82, 2.24) is 5.06 Å². The Kier molecular flexibility index (Phi) is 6.23. The fourth-order valence-electron chi connectivity index (χ4n) is 1.32. The number of nitrogens with zero attached hydrogens (tertiary/aromatic N) is 1. The van der Waals surface area contributed by atoms with E-state index in [1.54, 1.807) is 20.8 Å². The van der Waals surface area contributed by atoms with Gasteiger partial charge in [0.2, 0.25) is 0 Å². The van der Waals surface area contributed by atoms with E-state index in [9.17, 15) is 14.4 Å². The number of carbonyl (C=O) groups excluding carboxylic acids is 3. The third-order valence-corrected chi connectivity index (χ3v) is 1.95. The SMILES string of the molecule is CCOC(=O)C(C(C)C)N(OC(C)=O)C(C)=O. The predicted molar refractivity (Wildman–Crippen MR) is 59.5 cm³/mol. The first kappa shape index (κ1) is 15.4. The summed E-state index contributed by atoms with van der Waals surface area (Å²) < 4.78 is 4.85. The maximum atomic E-state index is 11.7. The molecule has 17 heavy (non-hydrogen) atoms. The van der Waals surface area contributed by atoms with E-state index < -0.39 is 23.9 Å². The van der Waals surface area contributed by atoms with Crippen molar-refractivity contribution in [3.63, 3.8) is 0 Å². The topological polar surface area (TPSA) is 72.9 Å². The molecule has 6 nitrogen and oxygen atoms in total. The minimum Gasteiger partial charge on any atom is -0.464 e. The molecule has 0 radical (unpaired) electrons. The normalized spacial score (nSPS) is 11.9. The first-order valence-corrected chi connectivity index (χ1v) is 5.46. The fourth-order valence-corrected chi connectivity index (χ4v) is 1.32. The highest BCUT2D eigenvalue weighted by atomic mass is 16.7. The molecule has 0 fully saturated rings. The number of ether oxygens (including phenoxy) is 1. The van der Waals surface area contributed by atoms with Crippen molar-refractivity contribution >= 4 is 17.8 Å². The molecular formula is C11H19NO5. The summed E-state index contributed by atoms with van der Waals surface area (Å²) in [5.41, 5.74) is 0. The summed E-state index contributed by atoms with van der Waals surface area (Å²) in [7, 11) is 0. The van der Waals surface area contributed by atoms with E-state index in [-0.39, 0.29) is 12.5 Å². The lowest BCUT2D eigenvalue weighted by Gasteiger charge is -2.29. The van der Waals surface area contributed by atoms with Crippen molar-refractivity contribution < 1.29 is 24.0 Å². The van der Waals surface area contributed by atoms with Crippen LogP contribution < -0.4 is 0 Å². The van der Waals surface area contributed by atoms with E-state index in [2.05, 4.69) is 0 Å². The van der Waals surface area contributed by atoms with Gasteiger partial charge < -0.3 is 9.57 Å². The molecule has 0 spiro atoms. The Balaban J connectivity index is 5.02. The fraction of sp³-hybridized carbons (Fsp3) is 0.727. The van der Waals surface area contributed by atoms with Gasteiger partial charge in [0.25, 0.3) is 5.91 Å². The van der Waals surface area contributed by atoms with Crippen molar-refractivity contribution in [1.29, 1.82) is 0 Å². The molecule has 0 aliphatic carbocycles. The van der Waals surface area contributed by atoms with Crippen LogP contribution in [0.2, 0.25) is 0 Å². The van der Waals surface area contributed by atoms with Crippen molar-refractivity contribution in [3.8, 4) is 0 Å². The van der Waals surface area contributed by atoms with Crippen molar-refractivity contribution in [2.45, 2.75) is 40.7 Å². The molecule has 0 aromatic heterocycles. The van der Waals surface area contributed by atoms with Gasteiger partial charge in [-0.1, -0.05) is 13.8 Å². The van der Waals surface area contributed by atoms with Crippen LogP contribution in [0.1, 0.15) is 34.6 Å². The van der Waals surface area contributed by atoms with Crippen LogP contribution in [0.3, 0.4) is 0 Å². The number of carbonyl (C=O) groups is 3. The molecule has 0 bridgehead atoms. The smallest absolute Gasteiger partial charge is 0.332 e. The monoisotopic (exact) mass is 245 g/mol. The molecule has 0 aliphatic heterocycles. The number of hydroxylamine groups is 2.